The fraction of sp³-hybridized carbons (Fsp3) is 0.261. The van der Waals surface area contributed by atoms with Gasteiger partial charge < -0.3 is 20.3 Å². The van der Waals surface area contributed by atoms with Gasteiger partial charge in [0.15, 0.2) is 5.11 Å². The minimum atomic E-state index is -0.181. The van der Waals surface area contributed by atoms with Crippen LogP contribution < -0.4 is 15.5 Å². The van der Waals surface area contributed by atoms with Crippen LogP contribution in [0.2, 0.25) is 0 Å². The Balaban J connectivity index is 1.72. The molecule has 0 radical (unpaired) electrons. The minimum Gasteiger partial charge on any atom is -0.375 e. The molecule has 4 rings (SSSR count). The van der Waals surface area contributed by atoms with Gasteiger partial charge in [-0.05, 0) is 79.0 Å². The van der Waals surface area contributed by atoms with Gasteiger partial charge in [0.25, 0.3) is 0 Å². The van der Waals surface area contributed by atoms with Crippen LogP contribution in [0, 0.1) is 13.8 Å². The minimum absolute atomic E-state index is 0.0178. The van der Waals surface area contributed by atoms with Crippen LogP contribution in [0.1, 0.15) is 33.8 Å². The van der Waals surface area contributed by atoms with Crippen molar-refractivity contribution in [2.45, 2.75) is 25.9 Å². The van der Waals surface area contributed by atoms with E-state index in [-0.39, 0.29) is 24.6 Å². The smallest absolute Gasteiger partial charge is 0.250 e. The number of thiocarbonyl (C=S) groups is 1. The largest absolute Gasteiger partial charge is 0.375 e. The number of carbonyl (C=O) groups is 1. The summed E-state index contributed by atoms with van der Waals surface area (Å²) >= 11 is 7.51. The van der Waals surface area contributed by atoms with Crippen LogP contribution >= 0.6 is 23.6 Å². The molecule has 1 aliphatic rings. The molecule has 2 aromatic heterocycles. The molecule has 3 heterocycles. The summed E-state index contributed by atoms with van der Waals surface area (Å²) in [5.41, 5.74) is 4.86. The number of anilines is 2. The molecule has 2 atom stereocenters. The molecule has 0 unspecified atom stereocenters. The van der Waals surface area contributed by atoms with Gasteiger partial charge in [0, 0.05) is 29.6 Å². The number of hydrogen-bond acceptors (Lipinski definition) is 5. The lowest BCUT2D eigenvalue weighted by atomic mass is 10.00. The van der Waals surface area contributed by atoms with E-state index in [1.54, 1.807) is 11.3 Å². The number of rotatable bonds is 6. The molecular weight excluding hydrogens is 428 g/mol. The summed E-state index contributed by atoms with van der Waals surface area (Å²) in [5.74, 6) is -0.181. The highest BCUT2D eigenvalue weighted by molar-refractivity contribution is 7.80. The fourth-order valence-corrected chi connectivity index (χ4v) is 5.24. The third-order valence-electron chi connectivity index (χ3n) is 5.31. The number of benzene rings is 1. The van der Waals surface area contributed by atoms with Gasteiger partial charge in [-0.1, -0.05) is 6.07 Å². The molecule has 1 aliphatic heterocycles. The van der Waals surface area contributed by atoms with Crippen molar-refractivity contribution in [3.05, 3.63) is 75.7 Å². The van der Waals surface area contributed by atoms with Gasteiger partial charge in [-0.3, -0.25) is 9.78 Å². The summed E-state index contributed by atoms with van der Waals surface area (Å²) in [6.07, 6.45) is 1.81. The van der Waals surface area contributed by atoms with Crippen molar-refractivity contribution in [3.63, 3.8) is 0 Å². The maximum atomic E-state index is 11.9. The highest BCUT2D eigenvalue weighted by Gasteiger charge is 2.42. The maximum absolute atomic E-state index is 11.9. The molecular formula is C23H24N4O2S2. The Bertz CT molecular complexity index is 1100. The van der Waals surface area contributed by atoms with Crippen molar-refractivity contribution >= 4 is 45.9 Å². The summed E-state index contributed by atoms with van der Waals surface area (Å²) < 4.78 is 4.90. The van der Waals surface area contributed by atoms with Gasteiger partial charge in [-0.25, -0.2) is 0 Å². The molecule has 2 N–H and O–H groups in total. The average Bonchev–Trinajstić information content (AvgIpc) is 3.32. The number of aromatic nitrogens is 1. The normalized spacial score (nSPS) is 18.2. The monoisotopic (exact) mass is 452 g/mol. The van der Waals surface area contributed by atoms with Gasteiger partial charge in [0.05, 0.1) is 17.8 Å². The number of hydrogen-bond donors (Lipinski definition) is 2. The van der Waals surface area contributed by atoms with E-state index in [1.807, 2.05) is 49.5 Å². The lowest BCUT2D eigenvalue weighted by Gasteiger charge is -2.28. The highest BCUT2D eigenvalue weighted by atomic mass is 32.1. The summed E-state index contributed by atoms with van der Waals surface area (Å²) in [6.45, 7) is 4.12. The van der Waals surface area contributed by atoms with E-state index >= 15 is 0 Å². The zero-order valence-electron chi connectivity index (χ0n) is 17.6. The number of methoxy groups -OCH3 is 1. The zero-order valence-corrected chi connectivity index (χ0v) is 19.2. The second-order valence-corrected chi connectivity index (χ2v) is 8.78. The first kappa shape index (κ1) is 21.4. The molecule has 0 saturated carbocycles. The predicted molar refractivity (Wildman–Crippen MR) is 129 cm³/mol. The van der Waals surface area contributed by atoms with Crippen molar-refractivity contribution < 1.29 is 9.53 Å². The second kappa shape index (κ2) is 9.13. The number of amides is 1. The lowest BCUT2D eigenvalue weighted by Crippen LogP contribution is -2.29. The molecule has 0 bridgehead atoms. The van der Waals surface area contributed by atoms with Crippen molar-refractivity contribution in [1.29, 1.82) is 0 Å². The van der Waals surface area contributed by atoms with E-state index in [4.69, 9.17) is 17.0 Å². The Hall–Kier alpha value is -2.81. The quantitative estimate of drug-likeness (QED) is 0.536. The van der Waals surface area contributed by atoms with Crippen LogP contribution in [0.3, 0.4) is 0 Å². The van der Waals surface area contributed by atoms with Crippen LogP contribution in [0.25, 0.3) is 0 Å². The fourth-order valence-electron chi connectivity index (χ4n) is 3.84. The van der Waals surface area contributed by atoms with E-state index in [0.717, 1.165) is 22.6 Å². The second-order valence-electron chi connectivity index (χ2n) is 7.44. The Kier molecular flexibility index (Phi) is 6.31. The Morgan fingerprint density at radius 2 is 2.10 bits per heavy atom. The third-order valence-corrected chi connectivity index (χ3v) is 6.71. The molecule has 1 saturated heterocycles. The molecule has 1 aromatic carbocycles. The SMILES string of the molecule is COCC(=O)Nc1ccc(N2C(=S)N[C@H](c3ccccn3)[C@@H]2c2sccc2C)cc1C. The summed E-state index contributed by atoms with van der Waals surface area (Å²) in [4.78, 5) is 19.9. The van der Waals surface area contributed by atoms with Crippen molar-refractivity contribution in [2.75, 3.05) is 23.9 Å². The Morgan fingerprint density at radius 3 is 2.74 bits per heavy atom. The number of nitrogens with zero attached hydrogens (tertiary/aromatic N) is 2. The van der Waals surface area contributed by atoms with Crippen LogP contribution in [-0.4, -0.2) is 29.7 Å². The van der Waals surface area contributed by atoms with Crippen LogP contribution in [-0.2, 0) is 9.53 Å². The third kappa shape index (κ3) is 4.32. The maximum Gasteiger partial charge on any atom is 0.250 e. The van der Waals surface area contributed by atoms with Gasteiger partial charge in [0.2, 0.25) is 5.91 Å². The van der Waals surface area contributed by atoms with E-state index in [9.17, 15) is 4.79 Å². The van der Waals surface area contributed by atoms with E-state index in [1.165, 1.54) is 17.6 Å². The van der Waals surface area contributed by atoms with E-state index < -0.39 is 0 Å². The molecule has 8 heteroatoms. The molecule has 31 heavy (non-hydrogen) atoms. The first-order valence-electron chi connectivity index (χ1n) is 9.93. The summed E-state index contributed by atoms with van der Waals surface area (Å²) in [5, 5.41) is 9.13. The number of nitrogens with one attached hydrogen (secondary N) is 2. The van der Waals surface area contributed by atoms with Crippen molar-refractivity contribution in [3.8, 4) is 0 Å². The zero-order chi connectivity index (χ0) is 22.0. The lowest BCUT2D eigenvalue weighted by molar-refractivity contribution is -0.119. The number of pyridine rings is 1. The molecule has 1 amide bonds. The van der Waals surface area contributed by atoms with Gasteiger partial charge >= 0.3 is 0 Å². The van der Waals surface area contributed by atoms with Crippen molar-refractivity contribution in [1.82, 2.24) is 10.3 Å². The topological polar surface area (TPSA) is 66.5 Å². The Labute approximate surface area is 191 Å². The number of aryl methyl sites for hydroxylation is 2. The van der Waals surface area contributed by atoms with E-state index in [0.29, 0.717) is 5.11 Å². The summed E-state index contributed by atoms with van der Waals surface area (Å²) in [6, 6.07) is 13.9. The molecule has 0 spiro atoms. The first-order valence-corrected chi connectivity index (χ1v) is 11.2. The molecule has 3 aromatic rings. The molecule has 1 fully saturated rings. The number of thiophene rings is 1. The van der Waals surface area contributed by atoms with Crippen LogP contribution in [0.15, 0.2) is 54.0 Å². The van der Waals surface area contributed by atoms with Crippen LogP contribution in [0.4, 0.5) is 11.4 Å². The predicted octanol–water partition coefficient (Wildman–Crippen LogP) is 4.52. The van der Waals surface area contributed by atoms with Crippen LogP contribution in [0.5, 0.6) is 0 Å². The highest BCUT2D eigenvalue weighted by Crippen LogP contribution is 2.44. The summed E-state index contributed by atoms with van der Waals surface area (Å²) in [7, 11) is 1.50. The average molecular weight is 453 g/mol. The standard InChI is InChI=1S/C23H24N4O2S2/c1-14-9-11-31-22(14)21-20(18-6-4-5-10-24-18)26-23(30)27(21)16-7-8-17(15(2)12-16)25-19(28)13-29-3/h4-12,20-21H,13H2,1-3H3,(H,25,28)(H,26,30)/t20-,21-/m1/s1. The first-order chi connectivity index (χ1) is 15.0. The number of carbonyl (C=O) groups excluding carboxylic acids is 1. The van der Waals surface area contributed by atoms with Gasteiger partial charge in [0.1, 0.15) is 6.61 Å². The van der Waals surface area contributed by atoms with Gasteiger partial charge in [-0.15, -0.1) is 11.3 Å². The van der Waals surface area contributed by atoms with Crippen molar-refractivity contribution in [2.24, 2.45) is 0 Å². The molecule has 6 nitrogen and oxygen atoms in total. The molecule has 160 valence electrons. The number of ether oxygens (including phenoxy) is 1. The Morgan fingerprint density at radius 1 is 1.26 bits per heavy atom. The molecule has 0 aliphatic carbocycles. The van der Waals surface area contributed by atoms with Gasteiger partial charge in [-0.2, -0.15) is 0 Å². The van der Waals surface area contributed by atoms with E-state index in [2.05, 4.69) is 38.9 Å².